The number of ketones is 2. The average molecular weight is 542 g/mol. The topological polar surface area (TPSA) is 153 Å². The number of carbonyl (C=O) groups excluding carboxylic acids is 3. The van der Waals surface area contributed by atoms with E-state index in [0.717, 1.165) is 23.8 Å². The second-order valence-electron chi connectivity index (χ2n) is 8.79. The van der Waals surface area contributed by atoms with Gasteiger partial charge in [-0.2, -0.15) is 0 Å². The van der Waals surface area contributed by atoms with Crippen molar-refractivity contribution in [1.82, 2.24) is 0 Å². The van der Waals surface area contributed by atoms with Gasteiger partial charge in [0.05, 0.1) is 32.3 Å². The molecule has 0 heterocycles. The van der Waals surface area contributed by atoms with Crippen LogP contribution >= 0.6 is 0 Å². The van der Waals surface area contributed by atoms with Crippen LogP contribution in [0.25, 0.3) is 0 Å². The Morgan fingerprint density at radius 1 is 0.795 bits per heavy atom. The van der Waals surface area contributed by atoms with Crippen LogP contribution in [0, 0.1) is 17.0 Å². The molecule has 4 aromatic carbocycles. The van der Waals surface area contributed by atoms with Crippen LogP contribution in [0.1, 0.15) is 47.8 Å². The van der Waals surface area contributed by atoms with Crippen molar-refractivity contribution >= 4 is 44.6 Å². The van der Waals surface area contributed by atoms with Gasteiger partial charge in [0.25, 0.3) is 21.6 Å². The van der Waals surface area contributed by atoms with E-state index in [4.69, 9.17) is 0 Å². The SMILES string of the molecule is Cc1ccc(S(=O)(=O)Nc2ccc([N+](=O)[O-])cc2C(=O)Nc2cccc3c2C(=O)c2ccccc2C3=O)cc1. The van der Waals surface area contributed by atoms with Crippen molar-refractivity contribution in [3.05, 3.63) is 128 Å². The van der Waals surface area contributed by atoms with Gasteiger partial charge >= 0.3 is 0 Å². The van der Waals surface area contributed by atoms with Crippen LogP contribution in [-0.2, 0) is 10.0 Å². The molecule has 4 aromatic rings. The molecule has 5 rings (SSSR count). The number of aryl methyl sites for hydroxylation is 1. The maximum absolute atomic E-state index is 13.4. The number of benzene rings is 4. The highest BCUT2D eigenvalue weighted by Gasteiger charge is 2.32. The highest BCUT2D eigenvalue weighted by molar-refractivity contribution is 7.92. The Balaban J connectivity index is 1.54. The van der Waals surface area contributed by atoms with Gasteiger partial charge in [-0.1, -0.05) is 54.1 Å². The van der Waals surface area contributed by atoms with E-state index in [1.807, 2.05) is 0 Å². The number of amides is 1. The van der Waals surface area contributed by atoms with Gasteiger partial charge in [-0.3, -0.25) is 29.2 Å². The summed E-state index contributed by atoms with van der Waals surface area (Å²) >= 11 is 0. The number of rotatable bonds is 6. The minimum atomic E-state index is -4.15. The molecular weight excluding hydrogens is 522 g/mol. The molecule has 0 bridgehead atoms. The lowest BCUT2D eigenvalue weighted by Crippen LogP contribution is -2.24. The lowest BCUT2D eigenvalue weighted by atomic mass is 9.83. The number of hydrogen-bond acceptors (Lipinski definition) is 7. The average Bonchev–Trinajstić information content (AvgIpc) is 2.91. The Morgan fingerprint density at radius 2 is 1.44 bits per heavy atom. The summed E-state index contributed by atoms with van der Waals surface area (Å²) in [5.74, 6) is -1.79. The lowest BCUT2D eigenvalue weighted by Gasteiger charge is -2.20. The van der Waals surface area contributed by atoms with Crippen LogP contribution in [-0.4, -0.2) is 30.8 Å². The predicted molar refractivity (Wildman–Crippen MR) is 143 cm³/mol. The van der Waals surface area contributed by atoms with E-state index in [-0.39, 0.29) is 44.1 Å². The van der Waals surface area contributed by atoms with E-state index in [1.54, 1.807) is 37.3 Å². The number of sulfonamides is 1. The molecule has 1 amide bonds. The van der Waals surface area contributed by atoms with Crippen LogP contribution in [0.5, 0.6) is 0 Å². The van der Waals surface area contributed by atoms with Crippen LogP contribution in [0.2, 0.25) is 0 Å². The fourth-order valence-corrected chi connectivity index (χ4v) is 5.36. The van der Waals surface area contributed by atoms with Crippen molar-refractivity contribution in [3.8, 4) is 0 Å². The normalized spacial score (nSPS) is 12.3. The Morgan fingerprint density at radius 3 is 2.10 bits per heavy atom. The van der Waals surface area contributed by atoms with Gasteiger partial charge in [0.2, 0.25) is 0 Å². The molecule has 1 aliphatic carbocycles. The maximum Gasteiger partial charge on any atom is 0.270 e. The summed E-state index contributed by atoms with van der Waals surface area (Å²) < 4.78 is 28.3. The molecule has 0 fully saturated rings. The third kappa shape index (κ3) is 4.66. The van der Waals surface area contributed by atoms with Crippen LogP contribution in [0.3, 0.4) is 0 Å². The number of nitrogens with zero attached hydrogens (tertiary/aromatic N) is 1. The molecule has 0 atom stereocenters. The highest BCUT2D eigenvalue weighted by atomic mass is 32.2. The number of hydrogen-bond donors (Lipinski definition) is 2. The van der Waals surface area contributed by atoms with Gasteiger partial charge in [0.1, 0.15) is 0 Å². The van der Waals surface area contributed by atoms with Crippen molar-refractivity contribution in [2.75, 3.05) is 10.0 Å². The van der Waals surface area contributed by atoms with Crippen molar-refractivity contribution in [2.45, 2.75) is 11.8 Å². The first kappa shape index (κ1) is 25.5. The number of non-ortho nitro benzene ring substituents is 1. The molecule has 0 saturated heterocycles. The zero-order valence-corrected chi connectivity index (χ0v) is 21.1. The number of fused-ring (bicyclic) bond motifs is 2. The molecule has 10 nitrogen and oxygen atoms in total. The van der Waals surface area contributed by atoms with E-state index < -0.39 is 38.1 Å². The third-order valence-corrected chi connectivity index (χ3v) is 7.62. The number of nitro groups is 1. The second-order valence-corrected chi connectivity index (χ2v) is 10.5. The van der Waals surface area contributed by atoms with Crippen molar-refractivity contribution in [2.24, 2.45) is 0 Å². The third-order valence-electron chi connectivity index (χ3n) is 6.23. The molecule has 0 aliphatic heterocycles. The predicted octanol–water partition coefficient (Wildman–Crippen LogP) is 4.73. The summed E-state index contributed by atoms with van der Waals surface area (Å²) in [7, 11) is -4.15. The van der Waals surface area contributed by atoms with Gasteiger partial charge in [-0.15, -0.1) is 0 Å². The monoisotopic (exact) mass is 541 g/mol. The van der Waals surface area contributed by atoms with Gasteiger partial charge in [0, 0.05) is 28.8 Å². The van der Waals surface area contributed by atoms with Crippen LogP contribution in [0.15, 0.2) is 89.8 Å². The zero-order valence-electron chi connectivity index (χ0n) is 20.3. The van der Waals surface area contributed by atoms with Crippen molar-refractivity contribution in [3.63, 3.8) is 0 Å². The first-order valence-corrected chi connectivity index (χ1v) is 13.1. The first-order valence-electron chi connectivity index (χ1n) is 11.6. The molecule has 0 saturated carbocycles. The Kier molecular flexibility index (Phi) is 6.28. The fraction of sp³-hybridized carbons (Fsp3) is 0.0357. The Labute approximate surface area is 222 Å². The molecule has 1 aliphatic rings. The van der Waals surface area contributed by atoms with Gasteiger partial charge < -0.3 is 5.32 Å². The van der Waals surface area contributed by atoms with Gasteiger partial charge in [0.15, 0.2) is 11.6 Å². The largest absolute Gasteiger partial charge is 0.321 e. The molecule has 2 N–H and O–H groups in total. The summed E-state index contributed by atoms with van der Waals surface area (Å²) in [5, 5.41) is 14.0. The molecule has 0 spiro atoms. The van der Waals surface area contributed by atoms with E-state index in [0.29, 0.717) is 0 Å². The molecule has 39 heavy (non-hydrogen) atoms. The minimum Gasteiger partial charge on any atom is -0.321 e. The van der Waals surface area contributed by atoms with E-state index in [2.05, 4.69) is 10.0 Å². The molecule has 0 unspecified atom stereocenters. The standard InChI is InChI=1S/C28H19N3O7S/c1-16-9-12-18(13-10-16)39(37,38)30-23-14-11-17(31(35)36)15-22(23)28(34)29-24-8-4-7-21-25(24)27(33)20-6-3-2-5-19(20)26(21)32/h2-15,30H,1H3,(H,29,34). The van der Waals surface area contributed by atoms with E-state index in [9.17, 15) is 32.9 Å². The molecule has 0 aromatic heterocycles. The van der Waals surface area contributed by atoms with E-state index in [1.165, 1.54) is 36.4 Å². The van der Waals surface area contributed by atoms with Gasteiger partial charge in [-0.25, -0.2) is 8.42 Å². The van der Waals surface area contributed by atoms with Crippen LogP contribution < -0.4 is 10.0 Å². The number of nitro benzene ring substituents is 1. The quantitative estimate of drug-likeness (QED) is 0.233. The molecule has 11 heteroatoms. The summed E-state index contributed by atoms with van der Waals surface area (Å²) in [6.45, 7) is 1.79. The molecule has 0 radical (unpaired) electrons. The summed E-state index contributed by atoms with van der Waals surface area (Å²) in [5.41, 5.74) is 0.314. The summed E-state index contributed by atoms with van der Waals surface area (Å²) in [6, 6.07) is 19.8. The Hall–Kier alpha value is -5.16. The van der Waals surface area contributed by atoms with Crippen molar-refractivity contribution in [1.29, 1.82) is 0 Å². The number of nitrogens with one attached hydrogen (secondary N) is 2. The second kappa shape index (κ2) is 9.62. The molecule has 194 valence electrons. The Bertz CT molecular complexity index is 1810. The fourth-order valence-electron chi connectivity index (χ4n) is 4.28. The highest BCUT2D eigenvalue weighted by Crippen LogP contribution is 2.33. The lowest BCUT2D eigenvalue weighted by molar-refractivity contribution is -0.384. The zero-order chi connectivity index (χ0) is 27.9. The minimum absolute atomic E-state index is 0.00389. The van der Waals surface area contributed by atoms with Gasteiger partial charge in [-0.05, 0) is 31.2 Å². The first-order chi connectivity index (χ1) is 18.6. The van der Waals surface area contributed by atoms with Crippen molar-refractivity contribution < 1.29 is 27.7 Å². The summed E-state index contributed by atoms with van der Waals surface area (Å²) in [4.78, 5) is 50.4. The number of anilines is 2. The maximum atomic E-state index is 13.4. The summed E-state index contributed by atoms with van der Waals surface area (Å²) in [6.07, 6.45) is 0. The van der Waals surface area contributed by atoms with E-state index >= 15 is 0 Å². The number of carbonyl (C=O) groups is 3. The molecular formula is C28H19N3O7S. The van der Waals surface area contributed by atoms with Crippen LogP contribution in [0.4, 0.5) is 17.1 Å². The smallest absolute Gasteiger partial charge is 0.270 e.